The van der Waals surface area contributed by atoms with Crippen LogP contribution >= 0.6 is 66.5 Å². The van der Waals surface area contributed by atoms with Gasteiger partial charge in [0.15, 0.2) is 0 Å². The third kappa shape index (κ3) is 73.7. The van der Waals surface area contributed by atoms with Crippen molar-refractivity contribution >= 4 is 69.0 Å². The first-order chi connectivity index (χ1) is 2.45. The van der Waals surface area contributed by atoms with Crippen molar-refractivity contribution in [3.63, 3.8) is 0 Å². The van der Waals surface area contributed by atoms with Gasteiger partial charge in [0.2, 0.25) is 0 Å². The summed E-state index contributed by atoms with van der Waals surface area (Å²) < 4.78 is -5.01. The Bertz CT molecular complexity index is 62.7. The SMILES string of the molecule is Cl[Si-2](Cl)(Cl)(Cl)(Cl)Cl. The zero-order valence-electron chi connectivity index (χ0n) is 2.77. The zero-order valence-corrected chi connectivity index (χ0v) is 8.30. The van der Waals surface area contributed by atoms with Crippen LogP contribution in [0.15, 0.2) is 0 Å². The van der Waals surface area contributed by atoms with E-state index in [4.69, 9.17) is 66.5 Å². The van der Waals surface area contributed by atoms with Gasteiger partial charge in [0.25, 0.3) is 0 Å². The van der Waals surface area contributed by atoms with Gasteiger partial charge in [0, 0.05) is 0 Å². The Balaban J connectivity index is 4.43. The molecule has 0 aliphatic rings. The van der Waals surface area contributed by atoms with Gasteiger partial charge in [0.05, 0.1) is 0 Å². The summed E-state index contributed by atoms with van der Waals surface area (Å²) in [5, 5.41) is 0. The standard InChI is InChI=1S/Cl6Si/c1-7(2,3,4,5)6/q-2. The number of hydrogen-bond donors (Lipinski definition) is 0. The zero-order chi connectivity index (χ0) is 6.41. The maximum absolute atomic E-state index is 5.02. The molecular weight excluding hydrogens is 241 g/mol. The molecule has 0 aromatic heterocycles. The van der Waals surface area contributed by atoms with Crippen LogP contribution in [-0.4, -0.2) is 2.49 Å². The fourth-order valence-corrected chi connectivity index (χ4v) is 0. The molecule has 0 nitrogen and oxygen atoms in total. The Kier molecular flexibility index (Phi) is 1.71. The van der Waals surface area contributed by atoms with Crippen LogP contribution in [0.25, 0.3) is 0 Å². The second-order valence-corrected chi connectivity index (χ2v) is 28.9. The Hall–Kier alpha value is 1.96. The van der Waals surface area contributed by atoms with E-state index in [0.717, 1.165) is 0 Å². The molecule has 0 spiro atoms. The van der Waals surface area contributed by atoms with Crippen molar-refractivity contribution in [2.45, 2.75) is 0 Å². The van der Waals surface area contributed by atoms with Gasteiger partial charge in [0.1, 0.15) is 0 Å². The predicted octanol–water partition coefficient (Wildman–Crippen LogP) is 3.76. The van der Waals surface area contributed by atoms with Crippen LogP contribution in [0.3, 0.4) is 0 Å². The van der Waals surface area contributed by atoms with E-state index in [-0.39, 0.29) is 0 Å². The van der Waals surface area contributed by atoms with Gasteiger partial charge in [-0.15, -0.1) is 0 Å². The first-order valence-electron chi connectivity index (χ1n) is 1.13. The van der Waals surface area contributed by atoms with Gasteiger partial charge >= 0.3 is 69.0 Å². The van der Waals surface area contributed by atoms with E-state index in [2.05, 4.69) is 0 Å². The average Bonchev–Trinajstić information content (AvgIpc) is 0.592. The molecule has 0 amide bonds. The minimum absolute atomic E-state index is 5.01. The summed E-state index contributed by atoms with van der Waals surface area (Å²) in [5.74, 6) is 0. The molecule has 0 aromatic carbocycles. The summed E-state index contributed by atoms with van der Waals surface area (Å²) in [6.07, 6.45) is 0. The van der Waals surface area contributed by atoms with E-state index < -0.39 is 2.49 Å². The van der Waals surface area contributed by atoms with Gasteiger partial charge in [-0.2, -0.15) is 0 Å². The Morgan fingerprint density at radius 2 is 0.571 bits per heavy atom. The van der Waals surface area contributed by atoms with Gasteiger partial charge in [-0.05, 0) is 0 Å². The Morgan fingerprint density at radius 1 is 0.571 bits per heavy atom. The summed E-state index contributed by atoms with van der Waals surface area (Å²) in [6.45, 7) is 0. The Morgan fingerprint density at radius 3 is 0.571 bits per heavy atom. The number of rotatable bonds is 0. The second-order valence-electron chi connectivity index (χ2n) is 1.07. The molecular formula is Cl6Si-2. The molecule has 7 heteroatoms. The van der Waals surface area contributed by atoms with Crippen molar-refractivity contribution in [2.75, 3.05) is 0 Å². The monoisotopic (exact) mass is 238 g/mol. The molecule has 0 atom stereocenters. The fourth-order valence-electron chi connectivity index (χ4n) is 0. The summed E-state index contributed by atoms with van der Waals surface area (Å²) >= 11 is 30.1. The van der Waals surface area contributed by atoms with E-state index in [1.807, 2.05) is 0 Å². The summed E-state index contributed by atoms with van der Waals surface area (Å²) in [4.78, 5) is 0. The van der Waals surface area contributed by atoms with Crippen LogP contribution in [0, 0.1) is 0 Å². The van der Waals surface area contributed by atoms with Crippen molar-refractivity contribution in [3.05, 3.63) is 0 Å². The molecule has 0 aliphatic heterocycles. The van der Waals surface area contributed by atoms with Gasteiger partial charge in [-0.25, -0.2) is 0 Å². The molecule has 0 aromatic rings. The molecule has 0 saturated heterocycles. The molecule has 0 radical (unpaired) electrons. The normalized spacial score (nSPS) is 23.1. The molecule has 0 bridgehead atoms. The van der Waals surface area contributed by atoms with Crippen LogP contribution in [0.4, 0.5) is 0 Å². The summed E-state index contributed by atoms with van der Waals surface area (Å²) in [7, 11) is 0. The topological polar surface area (TPSA) is 0 Å². The molecule has 7 heavy (non-hydrogen) atoms. The van der Waals surface area contributed by atoms with E-state index >= 15 is 0 Å². The van der Waals surface area contributed by atoms with Crippen LogP contribution < -0.4 is 0 Å². The van der Waals surface area contributed by atoms with Crippen molar-refractivity contribution in [2.24, 2.45) is 0 Å². The van der Waals surface area contributed by atoms with Crippen molar-refractivity contribution in [1.29, 1.82) is 0 Å². The molecule has 0 aliphatic carbocycles. The first kappa shape index (κ1) is 8.96. The van der Waals surface area contributed by atoms with Gasteiger partial charge in [-0.3, -0.25) is 0 Å². The van der Waals surface area contributed by atoms with Gasteiger partial charge in [-0.1, -0.05) is 0 Å². The molecule has 0 unspecified atom stereocenters. The molecule has 0 saturated carbocycles. The quantitative estimate of drug-likeness (QED) is 0.447. The van der Waals surface area contributed by atoms with Crippen molar-refractivity contribution in [3.8, 4) is 0 Å². The second kappa shape index (κ2) is 1.34. The fraction of sp³-hybridized carbons (Fsp3) is 0. The third-order valence-corrected chi connectivity index (χ3v) is 0. The molecule has 0 heterocycles. The van der Waals surface area contributed by atoms with Gasteiger partial charge < -0.3 is 0 Å². The summed E-state index contributed by atoms with van der Waals surface area (Å²) in [6, 6.07) is 0. The van der Waals surface area contributed by atoms with Crippen molar-refractivity contribution < 1.29 is 0 Å². The average molecular weight is 241 g/mol. The van der Waals surface area contributed by atoms with Crippen LogP contribution in [0.2, 0.25) is 0 Å². The maximum atomic E-state index is 5.02. The molecule has 0 N–H and O–H groups in total. The molecule has 48 valence electrons. The molecule has 0 fully saturated rings. The number of hydrogen-bond acceptors (Lipinski definition) is 0. The number of halogens is 6. The summed E-state index contributed by atoms with van der Waals surface area (Å²) in [5.41, 5.74) is 0. The van der Waals surface area contributed by atoms with Crippen molar-refractivity contribution in [1.82, 2.24) is 0 Å². The predicted molar refractivity (Wildman–Crippen MR) is 40.9 cm³/mol. The van der Waals surface area contributed by atoms with E-state index in [1.165, 1.54) is 0 Å². The minimum atomic E-state index is -5.01. The van der Waals surface area contributed by atoms with E-state index in [9.17, 15) is 0 Å². The van der Waals surface area contributed by atoms with Crippen LogP contribution in [0.5, 0.6) is 0 Å². The van der Waals surface area contributed by atoms with Crippen LogP contribution in [0.1, 0.15) is 0 Å². The third-order valence-electron chi connectivity index (χ3n) is 0. The van der Waals surface area contributed by atoms with E-state index in [1.54, 1.807) is 0 Å². The first-order valence-corrected chi connectivity index (χ1v) is 10.2. The van der Waals surface area contributed by atoms with Crippen LogP contribution in [-0.2, 0) is 0 Å². The van der Waals surface area contributed by atoms with E-state index in [0.29, 0.717) is 0 Å². The molecule has 0 rings (SSSR count). The Labute approximate surface area is 68.6 Å².